The number of hydrogen-bond donors (Lipinski definition) is 1. The van der Waals surface area contributed by atoms with Crippen LogP contribution in [-0.4, -0.2) is 31.1 Å². The molecule has 0 bridgehead atoms. The minimum Gasteiger partial charge on any atom is -0.309 e. The van der Waals surface area contributed by atoms with E-state index in [9.17, 15) is 4.39 Å². The van der Waals surface area contributed by atoms with Gasteiger partial charge in [-0.15, -0.1) is 0 Å². The van der Waals surface area contributed by atoms with Crippen molar-refractivity contribution in [3.05, 3.63) is 35.6 Å². The third-order valence-electron chi connectivity index (χ3n) is 4.55. The van der Waals surface area contributed by atoms with Crippen molar-refractivity contribution in [3.8, 4) is 0 Å². The molecule has 0 aliphatic heterocycles. The van der Waals surface area contributed by atoms with Crippen LogP contribution >= 0.6 is 0 Å². The summed E-state index contributed by atoms with van der Waals surface area (Å²) < 4.78 is 14.1. The van der Waals surface area contributed by atoms with E-state index in [4.69, 9.17) is 0 Å². The van der Waals surface area contributed by atoms with Gasteiger partial charge in [0.2, 0.25) is 0 Å². The number of benzene rings is 1. The van der Waals surface area contributed by atoms with Crippen LogP contribution in [0.3, 0.4) is 0 Å². The predicted octanol–water partition coefficient (Wildman–Crippen LogP) is 3.99. The predicted molar refractivity (Wildman–Crippen MR) is 86.9 cm³/mol. The van der Waals surface area contributed by atoms with Gasteiger partial charge in [0.15, 0.2) is 0 Å². The van der Waals surface area contributed by atoms with E-state index in [1.807, 2.05) is 12.1 Å². The molecule has 0 amide bonds. The quantitative estimate of drug-likeness (QED) is 0.740. The van der Waals surface area contributed by atoms with Gasteiger partial charge in [-0.05, 0) is 44.3 Å². The normalized spacial score (nSPS) is 17.0. The Morgan fingerprint density at radius 2 is 2.05 bits per heavy atom. The Bertz CT molecular complexity index is 417. The van der Waals surface area contributed by atoms with Crippen molar-refractivity contribution in [1.82, 2.24) is 10.2 Å². The molecule has 1 saturated carbocycles. The van der Waals surface area contributed by atoms with Crippen molar-refractivity contribution in [2.24, 2.45) is 5.92 Å². The van der Waals surface area contributed by atoms with Crippen molar-refractivity contribution >= 4 is 0 Å². The first-order chi connectivity index (χ1) is 10.2. The standard InChI is InChI=1S/C18H29FN2/c1-3-12-20-18(16-10-5-6-11-17(16)19)14-21(4-2)13-15-8-7-9-15/h5-6,10-11,15,18,20H,3-4,7-9,12-14H2,1-2H3. The molecular weight excluding hydrogens is 263 g/mol. The number of nitrogens with one attached hydrogen (secondary N) is 1. The van der Waals surface area contributed by atoms with Crippen molar-refractivity contribution in [2.75, 3.05) is 26.2 Å². The Kier molecular flexibility index (Phi) is 6.65. The minimum atomic E-state index is -0.0919. The average molecular weight is 292 g/mol. The maximum Gasteiger partial charge on any atom is 0.128 e. The molecule has 2 nitrogen and oxygen atoms in total. The highest BCUT2D eigenvalue weighted by Gasteiger charge is 2.23. The fourth-order valence-corrected chi connectivity index (χ4v) is 2.98. The fourth-order valence-electron chi connectivity index (χ4n) is 2.98. The van der Waals surface area contributed by atoms with Gasteiger partial charge >= 0.3 is 0 Å². The summed E-state index contributed by atoms with van der Waals surface area (Å²) in [7, 11) is 0. The van der Waals surface area contributed by atoms with Gasteiger partial charge in [-0.1, -0.05) is 38.5 Å². The number of hydrogen-bond acceptors (Lipinski definition) is 2. The van der Waals surface area contributed by atoms with Gasteiger partial charge in [0.05, 0.1) is 0 Å². The smallest absolute Gasteiger partial charge is 0.128 e. The van der Waals surface area contributed by atoms with Gasteiger partial charge in [0.25, 0.3) is 0 Å². The molecule has 1 unspecified atom stereocenters. The zero-order valence-corrected chi connectivity index (χ0v) is 13.4. The number of halogens is 1. The SMILES string of the molecule is CCCNC(CN(CC)CC1CCC1)c1ccccc1F. The molecule has 0 saturated heterocycles. The van der Waals surface area contributed by atoms with E-state index < -0.39 is 0 Å². The van der Waals surface area contributed by atoms with Crippen LogP contribution in [0.2, 0.25) is 0 Å². The van der Waals surface area contributed by atoms with E-state index in [0.717, 1.165) is 44.1 Å². The summed E-state index contributed by atoms with van der Waals surface area (Å²) in [5.74, 6) is 0.767. The molecule has 1 aliphatic rings. The highest BCUT2D eigenvalue weighted by atomic mass is 19.1. The molecule has 21 heavy (non-hydrogen) atoms. The zero-order valence-electron chi connectivity index (χ0n) is 13.4. The highest BCUT2D eigenvalue weighted by molar-refractivity contribution is 5.21. The lowest BCUT2D eigenvalue weighted by Gasteiger charge is -2.34. The summed E-state index contributed by atoms with van der Waals surface area (Å²) in [6.07, 6.45) is 5.18. The van der Waals surface area contributed by atoms with Gasteiger partial charge in [-0.25, -0.2) is 4.39 Å². The van der Waals surface area contributed by atoms with Crippen LogP contribution in [0.15, 0.2) is 24.3 Å². The van der Waals surface area contributed by atoms with Gasteiger partial charge in [-0.2, -0.15) is 0 Å². The second-order valence-corrected chi connectivity index (χ2v) is 6.18. The first-order valence-corrected chi connectivity index (χ1v) is 8.44. The molecule has 0 aromatic heterocycles. The largest absolute Gasteiger partial charge is 0.309 e. The van der Waals surface area contributed by atoms with Crippen LogP contribution in [0.4, 0.5) is 4.39 Å². The fraction of sp³-hybridized carbons (Fsp3) is 0.667. The molecule has 0 heterocycles. The van der Waals surface area contributed by atoms with Gasteiger partial charge in [0.1, 0.15) is 5.82 Å². The topological polar surface area (TPSA) is 15.3 Å². The van der Waals surface area contributed by atoms with Crippen molar-refractivity contribution in [3.63, 3.8) is 0 Å². The van der Waals surface area contributed by atoms with Crippen molar-refractivity contribution in [1.29, 1.82) is 0 Å². The molecule has 1 N–H and O–H groups in total. The Labute approximate surface area is 128 Å². The van der Waals surface area contributed by atoms with E-state index in [-0.39, 0.29) is 11.9 Å². The van der Waals surface area contributed by atoms with Crippen LogP contribution in [0.5, 0.6) is 0 Å². The maximum atomic E-state index is 14.1. The molecule has 0 radical (unpaired) electrons. The number of likely N-dealkylation sites (N-methyl/N-ethyl adjacent to an activating group) is 1. The third kappa shape index (κ3) is 4.79. The molecule has 0 spiro atoms. The Morgan fingerprint density at radius 3 is 2.62 bits per heavy atom. The second-order valence-electron chi connectivity index (χ2n) is 6.18. The van der Waals surface area contributed by atoms with Crippen LogP contribution in [-0.2, 0) is 0 Å². The van der Waals surface area contributed by atoms with Gasteiger partial charge in [-0.3, -0.25) is 0 Å². The molecule has 118 valence electrons. The lowest BCUT2D eigenvalue weighted by Crippen LogP contribution is -2.39. The van der Waals surface area contributed by atoms with Gasteiger partial charge < -0.3 is 10.2 Å². The van der Waals surface area contributed by atoms with E-state index in [1.165, 1.54) is 19.3 Å². The Balaban J connectivity index is 2.02. The summed E-state index contributed by atoms with van der Waals surface area (Å²) in [5, 5.41) is 3.52. The van der Waals surface area contributed by atoms with Crippen LogP contribution in [0.1, 0.15) is 51.1 Å². The lowest BCUT2D eigenvalue weighted by molar-refractivity contribution is 0.169. The average Bonchev–Trinajstić information content (AvgIpc) is 2.45. The Morgan fingerprint density at radius 1 is 1.29 bits per heavy atom. The molecule has 1 fully saturated rings. The van der Waals surface area contributed by atoms with E-state index in [1.54, 1.807) is 12.1 Å². The first kappa shape index (κ1) is 16.4. The molecule has 1 aliphatic carbocycles. The monoisotopic (exact) mass is 292 g/mol. The van der Waals surface area contributed by atoms with Crippen LogP contribution < -0.4 is 5.32 Å². The zero-order chi connectivity index (χ0) is 15.1. The van der Waals surface area contributed by atoms with E-state index >= 15 is 0 Å². The maximum absolute atomic E-state index is 14.1. The van der Waals surface area contributed by atoms with Crippen LogP contribution in [0.25, 0.3) is 0 Å². The lowest BCUT2D eigenvalue weighted by atomic mass is 9.85. The van der Waals surface area contributed by atoms with Crippen LogP contribution in [0, 0.1) is 11.7 Å². The molecule has 3 heteroatoms. The third-order valence-corrected chi connectivity index (χ3v) is 4.55. The van der Waals surface area contributed by atoms with Crippen molar-refractivity contribution in [2.45, 2.75) is 45.6 Å². The summed E-state index contributed by atoms with van der Waals surface area (Å²) in [6, 6.07) is 7.27. The summed E-state index contributed by atoms with van der Waals surface area (Å²) >= 11 is 0. The molecular formula is C18H29FN2. The molecule has 1 aromatic rings. The van der Waals surface area contributed by atoms with E-state index in [0.29, 0.717) is 0 Å². The number of nitrogens with zero attached hydrogens (tertiary/aromatic N) is 1. The molecule has 1 aromatic carbocycles. The second kappa shape index (κ2) is 8.50. The first-order valence-electron chi connectivity index (χ1n) is 8.44. The highest BCUT2D eigenvalue weighted by Crippen LogP contribution is 2.28. The molecule has 1 atom stereocenters. The number of rotatable bonds is 9. The summed E-state index contributed by atoms with van der Waals surface area (Å²) in [5.41, 5.74) is 0.804. The van der Waals surface area contributed by atoms with E-state index in [2.05, 4.69) is 24.1 Å². The summed E-state index contributed by atoms with van der Waals surface area (Å²) in [6.45, 7) is 8.38. The minimum absolute atomic E-state index is 0.0891. The molecule has 2 rings (SSSR count). The van der Waals surface area contributed by atoms with Gasteiger partial charge in [0, 0.05) is 24.7 Å². The summed E-state index contributed by atoms with van der Waals surface area (Å²) in [4.78, 5) is 2.48. The Hall–Kier alpha value is -0.930. The van der Waals surface area contributed by atoms with Crippen molar-refractivity contribution < 1.29 is 4.39 Å².